The Morgan fingerprint density at radius 3 is 2.56 bits per heavy atom. The van der Waals surface area contributed by atoms with Gasteiger partial charge in [0.2, 0.25) is 0 Å². The van der Waals surface area contributed by atoms with Crippen LogP contribution < -0.4 is 14.4 Å². The van der Waals surface area contributed by atoms with Crippen LogP contribution in [0.5, 0.6) is 11.5 Å². The van der Waals surface area contributed by atoms with Gasteiger partial charge in [-0.05, 0) is 75.7 Å². The monoisotopic (exact) mass is 561 g/mol. The number of fused-ring (bicyclic) bond motifs is 2. The predicted molar refractivity (Wildman–Crippen MR) is 146 cm³/mol. The molecule has 0 fully saturated rings. The molecule has 4 aromatic carbocycles. The van der Waals surface area contributed by atoms with E-state index in [-0.39, 0.29) is 5.91 Å². The number of rotatable bonds is 6. The number of ether oxygens (including phenoxy) is 2. The molecule has 1 heterocycles. The van der Waals surface area contributed by atoms with Crippen LogP contribution in [-0.4, -0.2) is 19.6 Å². The first-order chi connectivity index (χ1) is 16.6. The Kier molecular flexibility index (Phi) is 6.28. The number of hydrogen-bond acceptors (Lipinski definition) is 3. The van der Waals surface area contributed by atoms with Crippen LogP contribution in [-0.2, 0) is 11.4 Å². The molecule has 1 aliphatic heterocycles. The van der Waals surface area contributed by atoms with E-state index in [1.165, 1.54) is 10.8 Å². The standard InChI is InChI=1S/C29H24INO3/c1-3-31-26-14-7-6-13-23(26)24(29(31)32)15-19-16-25(30)28(27(17-19)33-2)34-18-21-11-8-10-20-9-4-5-12-22(20)21/h4-17H,3,18H2,1-2H3/b24-15-. The van der Waals surface area contributed by atoms with Crippen molar-refractivity contribution < 1.29 is 14.3 Å². The van der Waals surface area contributed by atoms with Gasteiger partial charge in [0.1, 0.15) is 6.61 Å². The Bertz CT molecular complexity index is 1420. The molecular weight excluding hydrogens is 537 g/mol. The van der Waals surface area contributed by atoms with Crippen molar-refractivity contribution in [3.05, 3.63) is 99.1 Å². The maximum Gasteiger partial charge on any atom is 0.258 e. The molecule has 0 spiro atoms. The summed E-state index contributed by atoms with van der Waals surface area (Å²) in [5, 5.41) is 2.37. The molecule has 34 heavy (non-hydrogen) atoms. The lowest BCUT2D eigenvalue weighted by molar-refractivity contribution is -0.112. The first-order valence-electron chi connectivity index (χ1n) is 11.2. The lowest BCUT2D eigenvalue weighted by Crippen LogP contribution is -2.25. The van der Waals surface area contributed by atoms with Crippen molar-refractivity contribution in [1.82, 2.24) is 0 Å². The highest BCUT2D eigenvalue weighted by atomic mass is 127. The minimum atomic E-state index is 0.0222. The quantitative estimate of drug-likeness (QED) is 0.189. The summed E-state index contributed by atoms with van der Waals surface area (Å²) < 4.78 is 12.9. The number of para-hydroxylation sites is 1. The molecule has 0 unspecified atom stereocenters. The summed E-state index contributed by atoms with van der Waals surface area (Å²) in [6.07, 6.45) is 1.94. The fraction of sp³-hybridized carbons (Fsp3) is 0.138. The molecule has 5 heteroatoms. The van der Waals surface area contributed by atoms with Crippen LogP contribution in [0.1, 0.15) is 23.6 Å². The van der Waals surface area contributed by atoms with Gasteiger partial charge in [-0.25, -0.2) is 0 Å². The van der Waals surface area contributed by atoms with Crippen LogP contribution >= 0.6 is 22.6 Å². The maximum atomic E-state index is 13.1. The summed E-state index contributed by atoms with van der Waals surface area (Å²) >= 11 is 2.27. The van der Waals surface area contributed by atoms with Crippen LogP contribution in [0.3, 0.4) is 0 Å². The average molecular weight is 561 g/mol. The lowest BCUT2D eigenvalue weighted by Gasteiger charge is -2.15. The van der Waals surface area contributed by atoms with Crippen molar-refractivity contribution in [2.75, 3.05) is 18.6 Å². The van der Waals surface area contributed by atoms with E-state index in [9.17, 15) is 4.79 Å². The minimum absolute atomic E-state index is 0.0222. The molecule has 0 aliphatic carbocycles. The number of likely N-dealkylation sites (N-methyl/N-ethyl adjacent to an activating group) is 1. The first-order valence-corrected chi connectivity index (χ1v) is 12.3. The average Bonchev–Trinajstić information content (AvgIpc) is 3.13. The SMILES string of the molecule is CCN1C(=O)/C(=C\c2cc(I)c(OCc3cccc4ccccc34)c(OC)c2)c2ccccc21. The molecule has 1 amide bonds. The molecule has 4 aromatic rings. The van der Waals surface area contributed by atoms with Gasteiger partial charge in [-0.2, -0.15) is 0 Å². The van der Waals surface area contributed by atoms with Crippen molar-refractivity contribution in [2.24, 2.45) is 0 Å². The predicted octanol–water partition coefficient (Wildman–Crippen LogP) is 6.94. The number of benzene rings is 4. The van der Waals surface area contributed by atoms with Crippen molar-refractivity contribution in [2.45, 2.75) is 13.5 Å². The van der Waals surface area contributed by atoms with E-state index in [2.05, 4.69) is 52.9 Å². The van der Waals surface area contributed by atoms with Crippen molar-refractivity contribution in [3.8, 4) is 11.5 Å². The second kappa shape index (κ2) is 9.50. The zero-order chi connectivity index (χ0) is 23.7. The van der Waals surface area contributed by atoms with Crippen LogP contribution in [0.15, 0.2) is 78.9 Å². The fourth-order valence-electron chi connectivity index (χ4n) is 4.46. The van der Waals surface area contributed by atoms with Gasteiger partial charge < -0.3 is 14.4 Å². The van der Waals surface area contributed by atoms with Crippen LogP contribution in [0.2, 0.25) is 0 Å². The van der Waals surface area contributed by atoms with Gasteiger partial charge >= 0.3 is 0 Å². The molecule has 0 saturated heterocycles. The number of hydrogen-bond donors (Lipinski definition) is 0. The highest BCUT2D eigenvalue weighted by Gasteiger charge is 2.30. The fourth-order valence-corrected chi connectivity index (χ4v) is 5.24. The summed E-state index contributed by atoms with van der Waals surface area (Å²) in [6, 6.07) is 26.4. The number of methoxy groups -OCH3 is 1. The molecule has 5 rings (SSSR count). The molecule has 170 valence electrons. The Morgan fingerprint density at radius 2 is 1.74 bits per heavy atom. The highest BCUT2D eigenvalue weighted by Crippen LogP contribution is 2.40. The molecular formula is C29H24INO3. The number of carbonyl (C=O) groups is 1. The Morgan fingerprint density at radius 1 is 0.971 bits per heavy atom. The number of halogens is 1. The first kappa shape index (κ1) is 22.5. The molecule has 0 saturated carbocycles. The van der Waals surface area contributed by atoms with Gasteiger partial charge in [0, 0.05) is 17.7 Å². The van der Waals surface area contributed by atoms with E-state index in [1.54, 1.807) is 7.11 Å². The van der Waals surface area contributed by atoms with E-state index in [0.717, 1.165) is 25.9 Å². The zero-order valence-corrected chi connectivity index (χ0v) is 21.2. The topological polar surface area (TPSA) is 38.8 Å². The van der Waals surface area contributed by atoms with Crippen molar-refractivity contribution in [1.29, 1.82) is 0 Å². The van der Waals surface area contributed by atoms with Gasteiger partial charge in [0.05, 0.1) is 16.4 Å². The van der Waals surface area contributed by atoms with E-state index in [1.807, 2.05) is 66.4 Å². The number of amides is 1. The number of nitrogens with zero attached hydrogens (tertiary/aromatic N) is 1. The third kappa shape index (κ3) is 4.05. The molecule has 0 radical (unpaired) electrons. The molecule has 4 nitrogen and oxygen atoms in total. The lowest BCUT2D eigenvalue weighted by atomic mass is 10.0. The van der Waals surface area contributed by atoms with E-state index >= 15 is 0 Å². The van der Waals surface area contributed by atoms with Crippen LogP contribution in [0, 0.1) is 3.57 Å². The molecule has 0 bridgehead atoms. The molecule has 0 aromatic heterocycles. The maximum absolute atomic E-state index is 13.1. The molecule has 0 N–H and O–H groups in total. The number of anilines is 1. The van der Waals surface area contributed by atoms with Crippen molar-refractivity contribution in [3.63, 3.8) is 0 Å². The summed E-state index contributed by atoms with van der Waals surface area (Å²) in [6.45, 7) is 3.06. The molecule has 0 atom stereocenters. The summed E-state index contributed by atoms with van der Waals surface area (Å²) in [7, 11) is 1.64. The normalized spacial score (nSPS) is 14.0. The summed E-state index contributed by atoms with van der Waals surface area (Å²) in [4.78, 5) is 14.9. The van der Waals surface area contributed by atoms with Gasteiger partial charge in [0.15, 0.2) is 11.5 Å². The third-order valence-electron chi connectivity index (χ3n) is 6.09. The third-order valence-corrected chi connectivity index (χ3v) is 6.89. The van der Waals surface area contributed by atoms with Gasteiger partial charge in [-0.1, -0.05) is 60.7 Å². The second-order valence-electron chi connectivity index (χ2n) is 8.09. The Labute approximate surface area is 212 Å². The minimum Gasteiger partial charge on any atom is -0.493 e. The largest absolute Gasteiger partial charge is 0.493 e. The Balaban J connectivity index is 1.47. The van der Waals surface area contributed by atoms with E-state index < -0.39 is 0 Å². The van der Waals surface area contributed by atoms with Gasteiger partial charge in [-0.15, -0.1) is 0 Å². The number of carbonyl (C=O) groups excluding carboxylic acids is 1. The van der Waals surface area contributed by atoms with E-state index in [4.69, 9.17) is 9.47 Å². The van der Waals surface area contributed by atoms with Gasteiger partial charge in [-0.3, -0.25) is 4.79 Å². The Hall–Kier alpha value is -3.32. The summed E-state index contributed by atoms with van der Waals surface area (Å²) in [5.74, 6) is 1.37. The molecule has 1 aliphatic rings. The van der Waals surface area contributed by atoms with E-state index in [0.29, 0.717) is 30.2 Å². The zero-order valence-electron chi connectivity index (χ0n) is 19.0. The van der Waals surface area contributed by atoms with Gasteiger partial charge in [0.25, 0.3) is 5.91 Å². The smallest absolute Gasteiger partial charge is 0.258 e. The van der Waals surface area contributed by atoms with Crippen LogP contribution in [0.4, 0.5) is 5.69 Å². The highest BCUT2D eigenvalue weighted by molar-refractivity contribution is 14.1. The van der Waals surface area contributed by atoms with Crippen molar-refractivity contribution >= 4 is 56.6 Å². The van der Waals surface area contributed by atoms with Crippen LogP contribution in [0.25, 0.3) is 22.4 Å². The summed E-state index contributed by atoms with van der Waals surface area (Å²) in [5.41, 5.74) is 4.63. The second-order valence-corrected chi connectivity index (χ2v) is 9.25.